The molecule has 2 aromatic heterocycles. The fourth-order valence-corrected chi connectivity index (χ4v) is 3.20. The van der Waals surface area contributed by atoms with Crippen LogP contribution in [0.1, 0.15) is 28.2 Å². The van der Waals surface area contributed by atoms with Crippen molar-refractivity contribution in [2.45, 2.75) is 26.4 Å². The smallest absolute Gasteiger partial charge is 0.273 e. The third-order valence-electron chi connectivity index (χ3n) is 4.76. The van der Waals surface area contributed by atoms with Crippen LogP contribution in [-0.2, 0) is 13.1 Å². The van der Waals surface area contributed by atoms with E-state index in [1.807, 2.05) is 61.8 Å². The second-order valence-electron chi connectivity index (χ2n) is 6.70. The number of benzene rings is 2. The molecule has 4 rings (SSSR count). The number of rotatable bonds is 7. The largest absolute Gasteiger partial charge is 0.351 e. The highest BCUT2D eigenvalue weighted by molar-refractivity contribution is 5.93. The van der Waals surface area contributed by atoms with Crippen molar-refractivity contribution in [2.24, 2.45) is 0 Å². The van der Waals surface area contributed by atoms with Gasteiger partial charge in [0.05, 0.1) is 29.6 Å². The first-order valence-electron chi connectivity index (χ1n) is 9.34. The molecule has 7 nitrogen and oxygen atoms in total. The summed E-state index contributed by atoms with van der Waals surface area (Å²) < 4.78 is 3.85. The van der Waals surface area contributed by atoms with Crippen LogP contribution < -0.4 is 5.32 Å². The molecule has 1 N–H and O–H groups in total. The van der Waals surface area contributed by atoms with Gasteiger partial charge in [0.2, 0.25) is 0 Å². The Hall–Kier alpha value is -3.48. The topological polar surface area (TPSA) is 77.6 Å². The molecule has 0 bridgehead atoms. The molecular weight excluding hydrogens is 352 g/mol. The lowest BCUT2D eigenvalue weighted by atomic mass is 10.2. The van der Waals surface area contributed by atoms with Crippen LogP contribution in [0.5, 0.6) is 0 Å². The summed E-state index contributed by atoms with van der Waals surface area (Å²) in [4.78, 5) is 16.8. The SMILES string of the molecule is Cc1c(C(=O)NCCCn2cnc3ccccc32)nnn1Cc1ccccc1. The van der Waals surface area contributed by atoms with E-state index in [2.05, 4.69) is 31.2 Å². The number of aryl methyl sites for hydroxylation is 1. The lowest BCUT2D eigenvalue weighted by molar-refractivity contribution is 0.0947. The van der Waals surface area contributed by atoms with Gasteiger partial charge in [-0.1, -0.05) is 47.7 Å². The zero-order chi connectivity index (χ0) is 19.3. The van der Waals surface area contributed by atoms with Crippen LogP contribution in [0.25, 0.3) is 11.0 Å². The summed E-state index contributed by atoms with van der Waals surface area (Å²) in [5, 5.41) is 11.1. The van der Waals surface area contributed by atoms with E-state index >= 15 is 0 Å². The Morgan fingerprint density at radius 2 is 1.86 bits per heavy atom. The number of carbonyl (C=O) groups excluding carboxylic acids is 1. The highest BCUT2D eigenvalue weighted by Crippen LogP contribution is 2.12. The van der Waals surface area contributed by atoms with Crippen LogP contribution in [0, 0.1) is 6.92 Å². The van der Waals surface area contributed by atoms with Gasteiger partial charge < -0.3 is 9.88 Å². The first-order chi connectivity index (χ1) is 13.7. The number of hydrogen-bond donors (Lipinski definition) is 1. The minimum absolute atomic E-state index is 0.188. The Morgan fingerprint density at radius 3 is 2.71 bits per heavy atom. The van der Waals surface area contributed by atoms with Crippen LogP contribution in [-0.4, -0.2) is 37.0 Å². The van der Waals surface area contributed by atoms with Gasteiger partial charge in [0.15, 0.2) is 5.69 Å². The highest BCUT2D eigenvalue weighted by Gasteiger charge is 2.16. The molecule has 0 unspecified atom stereocenters. The van der Waals surface area contributed by atoms with Gasteiger partial charge in [0, 0.05) is 13.1 Å². The number of aromatic nitrogens is 5. The maximum absolute atomic E-state index is 12.5. The summed E-state index contributed by atoms with van der Waals surface area (Å²) in [5.41, 5.74) is 4.35. The first-order valence-corrected chi connectivity index (χ1v) is 9.34. The molecule has 0 saturated carbocycles. The molecule has 2 aromatic carbocycles. The van der Waals surface area contributed by atoms with Crippen molar-refractivity contribution < 1.29 is 4.79 Å². The molecule has 2 heterocycles. The number of amides is 1. The fraction of sp³-hybridized carbons (Fsp3) is 0.238. The first kappa shape index (κ1) is 17.9. The third-order valence-corrected chi connectivity index (χ3v) is 4.76. The number of nitrogens with one attached hydrogen (secondary N) is 1. The van der Waals surface area contributed by atoms with Crippen molar-refractivity contribution in [1.29, 1.82) is 0 Å². The summed E-state index contributed by atoms with van der Waals surface area (Å²) in [6.45, 7) is 3.83. The van der Waals surface area contributed by atoms with E-state index < -0.39 is 0 Å². The van der Waals surface area contributed by atoms with Crippen molar-refractivity contribution >= 4 is 16.9 Å². The molecule has 28 heavy (non-hydrogen) atoms. The number of hydrogen-bond acceptors (Lipinski definition) is 4. The predicted molar refractivity (Wildman–Crippen MR) is 107 cm³/mol. The number of carbonyl (C=O) groups is 1. The van der Waals surface area contributed by atoms with Crippen LogP contribution in [0.4, 0.5) is 0 Å². The monoisotopic (exact) mass is 374 g/mol. The Labute approximate surface area is 163 Å². The van der Waals surface area contributed by atoms with Crippen molar-refractivity contribution in [3.05, 3.63) is 77.9 Å². The molecule has 0 aliphatic heterocycles. The summed E-state index contributed by atoms with van der Waals surface area (Å²) >= 11 is 0. The van der Waals surface area contributed by atoms with Crippen molar-refractivity contribution in [2.75, 3.05) is 6.54 Å². The van der Waals surface area contributed by atoms with Gasteiger partial charge in [0.25, 0.3) is 5.91 Å². The maximum Gasteiger partial charge on any atom is 0.273 e. The minimum atomic E-state index is -0.188. The molecule has 0 atom stereocenters. The van der Waals surface area contributed by atoms with E-state index in [0.29, 0.717) is 18.8 Å². The van der Waals surface area contributed by atoms with Crippen LogP contribution >= 0.6 is 0 Å². The fourth-order valence-electron chi connectivity index (χ4n) is 3.20. The van der Waals surface area contributed by atoms with Crippen LogP contribution in [0.3, 0.4) is 0 Å². The number of para-hydroxylation sites is 2. The lowest BCUT2D eigenvalue weighted by Gasteiger charge is -2.06. The van der Waals surface area contributed by atoms with E-state index in [0.717, 1.165) is 35.3 Å². The normalized spacial score (nSPS) is 11.0. The van der Waals surface area contributed by atoms with E-state index in [1.165, 1.54) is 0 Å². The maximum atomic E-state index is 12.5. The second kappa shape index (κ2) is 8.04. The Morgan fingerprint density at radius 1 is 1.07 bits per heavy atom. The summed E-state index contributed by atoms with van der Waals surface area (Å²) in [6, 6.07) is 18.0. The predicted octanol–water partition coefficient (Wildman–Crippen LogP) is 2.80. The van der Waals surface area contributed by atoms with Gasteiger partial charge >= 0.3 is 0 Å². The molecule has 0 radical (unpaired) electrons. The van der Waals surface area contributed by atoms with Gasteiger partial charge in [0.1, 0.15) is 0 Å². The summed E-state index contributed by atoms with van der Waals surface area (Å²) in [6.07, 6.45) is 2.65. The minimum Gasteiger partial charge on any atom is -0.351 e. The molecule has 7 heteroatoms. The van der Waals surface area contributed by atoms with Gasteiger partial charge in [-0.05, 0) is 31.0 Å². The molecule has 4 aromatic rings. The zero-order valence-electron chi connectivity index (χ0n) is 15.7. The molecule has 142 valence electrons. The quantitative estimate of drug-likeness (QED) is 0.505. The van der Waals surface area contributed by atoms with Gasteiger partial charge in [-0.15, -0.1) is 5.10 Å². The van der Waals surface area contributed by atoms with Crippen LogP contribution in [0.2, 0.25) is 0 Å². The van der Waals surface area contributed by atoms with E-state index in [4.69, 9.17) is 0 Å². The molecule has 0 fully saturated rings. The molecule has 0 spiro atoms. The number of imidazole rings is 1. The van der Waals surface area contributed by atoms with E-state index in [1.54, 1.807) is 4.68 Å². The third kappa shape index (κ3) is 3.78. The van der Waals surface area contributed by atoms with Crippen molar-refractivity contribution in [3.8, 4) is 0 Å². The van der Waals surface area contributed by atoms with E-state index in [-0.39, 0.29) is 5.91 Å². The Bertz CT molecular complexity index is 1080. The lowest BCUT2D eigenvalue weighted by Crippen LogP contribution is -2.26. The Balaban J connectivity index is 1.32. The summed E-state index contributed by atoms with van der Waals surface area (Å²) in [5.74, 6) is -0.188. The zero-order valence-corrected chi connectivity index (χ0v) is 15.7. The number of fused-ring (bicyclic) bond motifs is 1. The molecule has 1 amide bonds. The standard InChI is InChI=1S/C21H22N6O/c1-16-20(24-25-27(16)14-17-8-3-2-4-9-17)21(28)22-12-7-13-26-15-23-18-10-5-6-11-19(18)26/h2-6,8-11,15H,7,12-14H2,1H3,(H,22,28). The molecule has 0 aliphatic rings. The average Bonchev–Trinajstić information content (AvgIpc) is 3.30. The number of nitrogens with zero attached hydrogens (tertiary/aromatic N) is 5. The molecule has 0 saturated heterocycles. The van der Waals surface area contributed by atoms with Crippen LogP contribution in [0.15, 0.2) is 60.9 Å². The van der Waals surface area contributed by atoms with E-state index in [9.17, 15) is 4.79 Å². The van der Waals surface area contributed by atoms with Crippen molar-refractivity contribution in [1.82, 2.24) is 29.9 Å². The van der Waals surface area contributed by atoms with Crippen molar-refractivity contribution in [3.63, 3.8) is 0 Å². The molecule has 0 aliphatic carbocycles. The average molecular weight is 374 g/mol. The summed E-state index contributed by atoms with van der Waals surface area (Å²) in [7, 11) is 0. The van der Waals surface area contributed by atoms with Gasteiger partial charge in [-0.3, -0.25) is 4.79 Å². The second-order valence-corrected chi connectivity index (χ2v) is 6.70. The molecular formula is C21H22N6O. The van der Waals surface area contributed by atoms with Gasteiger partial charge in [-0.25, -0.2) is 9.67 Å². The van der Waals surface area contributed by atoms with Gasteiger partial charge in [-0.2, -0.15) is 0 Å². The Kier molecular flexibility index (Phi) is 5.14. The highest BCUT2D eigenvalue weighted by atomic mass is 16.2.